The molecule has 2 aromatic rings. The Morgan fingerprint density at radius 1 is 1.45 bits per heavy atom. The van der Waals surface area contributed by atoms with E-state index in [2.05, 4.69) is 30.4 Å². The molecule has 0 saturated heterocycles. The lowest BCUT2D eigenvalue weighted by Crippen LogP contribution is -2.29. The van der Waals surface area contributed by atoms with Crippen LogP contribution in [-0.4, -0.2) is 38.7 Å². The summed E-state index contributed by atoms with van der Waals surface area (Å²) < 4.78 is 2.12. The van der Waals surface area contributed by atoms with Gasteiger partial charge in [0.05, 0.1) is 0 Å². The number of H-pyrrole nitrogens is 1. The van der Waals surface area contributed by atoms with Gasteiger partial charge < -0.3 is 15.2 Å². The molecular formula is C15H22N6O. The van der Waals surface area contributed by atoms with Crippen LogP contribution in [0.25, 0.3) is 0 Å². The molecule has 118 valence electrons. The second kappa shape index (κ2) is 6.74. The first-order chi connectivity index (χ1) is 10.8. The van der Waals surface area contributed by atoms with Crippen LogP contribution in [0.2, 0.25) is 0 Å². The average molecular weight is 302 g/mol. The van der Waals surface area contributed by atoms with Crippen molar-refractivity contribution in [3.63, 3.8) is 0 Å². The molecule has 0 spiro atoms. The maximum Gasteiger partial charge on any atom is 0.272 e. The maximum absolute atomic E-state index is 12.2. The standard InChI is InChI=1S/C15H22N6O/c1-11-17-7-9-21(11)8-3-2-5-18-15(22)14-12-10-16-6-4-13(12)19-20-14/h7,9,16H,2-6,8,10H2,1H3,(H,18,22)(H,19,20). The Morgan fingerprint density at radius 3 is 3.18 bits per heavy atom. The number of carbonyl (C=O) groups is 1. The van der Waals surface area contributed by atoms with E-state index >= 15 is 0 Å². The van der Waals surface area contributed by atoms with Gasteiger partial charge >= 0.3 is 0 Å². The van der Waals surface area contributed by atoms with Gasteiger partial charge in [-0.1, -0.05) is 0 Å². The van der Waals surface area contributed by atoms with Crippen molar-refractivity contribution in [2.75, 3.05) is 13.1 Å². The number of nitrogens with one attached hydrogen (secondary N) is 3. The molecule has 22 heavy (non-hydrogen) atoms. The number of rotatable bonds is 6. The summed E-state index contributed by atoms with van der Waals surface area (Å²) in [6, 6.07) is 0. The number of amides is 1. The minimum absolute atomic E-state index is 0.0833. The Balaban J connectivity index is 1.43. The predicted octanol–water partition coefficient (Wildman–Crippen LogP) is 0.771. The van der Waals surface area contributed by atoms with Crippen molar-refractivity contribution in [1.29, 1.82) is 0 Å². The topological polar surface area (TPSA) is 87.6 Å². The van der Waals surface area contributed by atoms with Crippen LogP contribution >= 0.6 is 0 Å². The SMILES string of the molecule is Cc1nccn1CCCCNC(=O)c1n[nH]c2c1CNCC2. The number of unbranched alkanes of at least 4 members (excludes halogenated alkanes) is 1. The van der Waals surface area contributed by atoms with Crippen LogP contribution in [0.3, 0.4) is 0 Å². The van der Waals surface area contributed by atoms with Crippen LogP contribution in [0.1, 0.15) is 40.4 Å². The van der Waals surface area contributed by atoms with Gasteiger partial charge in [0.1, 0.15) is 5.82 Å². The molecule has 0 aliphatic carbocycles. The number of aromatic amines is 1. The molecule has 3 heterocycles. The van der Waals surface area contributed by atoms with Gasteiger partial charge in [0.15, 0.2) is 5.69 Å². The number of hydrogen-bond donors (Lipinski definition) is 3. The maximum atomic E-state index is 12.2. The highest BCUT2D eigenvalue weighted by Crippen LogP contribution is 2.15. The molecule has 3 rings (SSSR count). The van der Waals surface area contributed by atoms with E-state index in [-0.39, 0.29) is 5.91 Å². The van der Waals surface area contributed by atoms with Crippen LogP contribution < -0.4 is 10.6 Å². The third-order valence-electron chi connectivity index (χ3n) is 4.06. The third-order valence-corrected chi connectivity index (χ3v) is 4.06. The first-order valence-corrected chi connectivity index (χ1v) is 7.78. The van der Waals surface area contributed by atoms with E-state index in [4.69, 9.17) is 0 Å². The van der Waals surface area contributed by atoms with Gasteiger partial charge in [-0.25, -0.2) is 4.98 Å². The molecule has 0 saturated carbocycles. The second-order valence-corrected chi connectivity index (χ2v) is 5.59. The highest BCUT2D eigenvalue weighted by atomic mass is 16.1. The first kappa shape index (κ1) is 14.8. The molecule has 0 bridgehead atoms. The van der Waals surface area contributed by atoms with Crippen molar-refractivity contribution < 1.29 is 4.79 Å². The zero-order valence-corrected chi connectivity index (χ0v) is 12.9. The molecule has 0 radical (unpaired) electrons. The third kappa shape index (κ3) is 3.19. The molecule has 1 amide bonds. The van der Waals surface area contributed by atoms with Crippen LogP contribution in [0.5, 0.6) is 0 Å². The Hall–Kier alpha value is -2.15. The normalized spacial score (nSPS) is 13.9. The number of aryl methyl sites for hydroxylation is 2. The number of nitrogens with zero attached hydrogens (tertiary/aromatic N) is 3. The molecule has 0 atom stereocenters. The minimum atomic E-state index is -0.0833. The lowest BCUT2D eigenvalue weighted by Gasteiger charge is -2.12. The van der Waals surface area contributed by atoms with Gasteiger partial charge in [0.2, 0.25) is 0 Å². The second-order valence-electron chi connectivity index (χ2n) is 5.59. The average Bonchev–Trinajstić information content (AvgIpc) is 3.13. The Kier molecular flexibility index (Phi) is 4.53. The van der Waals surface area contributed by atoms with Crippen molar-refractivity contribution in [3.05, 3.63) is 35.2 Å². The highest BCUT2D eigenvalue weighted by Gasteiger charge is 2.20. The summed E-state index contributed by atoms with van der Waals surface area (Å²) in [5, 5.41) is 13.4. The fourth-order valence-corrected chi connectivity index (χ4v) is 2.75. The first-order valence-electron chi connectivity index (χ1n) is 7.78. The highest BCUT2D eigenvalue weighted by molar-refractivity contribution is 5.94. The van der Waals surface area contributed by atoms with Crippen LogP contribution in [0.15, 0.2) is 12.4 Å². The Morgan fingerprint density at radius 2 is 2.36 bits per heavy atom. The number of aromatic nitrogens is 4. The largest absolute Gasteiger partial charge is 0.351 e. The molecule has 1 aliphatic heterocycles. The van der Waals surface area contributed by atoms with Crippen molar-refractivity contribution in [3.8, 4) is 0 Å². The van der Waals surface area contributed by atoms with Gasteiger partial charge in [0, 0.05) is 56.3 Å². The van der Waals surface area contributed by atoms with E-state index in [1.807, 2.05) is 19.3 Å². The van der Waals surface area contributed by atoms with Gasteiger partial charge in [-0.15, -0.1) is 0 Å². The van der Waals surface area contributed by atoms with Crippen LogP contribution in [0.4, 0.5) is 0 Å². The van der Waals surface area contributed by atoms with E-state index in [0.29, 0.717) is 18.8 Å². The monoisotopic (exact) mass is 302 g/mol. The van der Waals surface area contributed by atoms with Gasteiger partial charge in [-0.3, -0.25) is 9.89 Å². The molecule has 0 fully saturated rings. The summed E-state index contributed by atoms with van der Waals surface area (Å²) in [7, 11) is 0. The number of imidazole rings is 1. The summed E-state index contributed by atoms with van der Waals surface area (Å²) in [4.78, 5) is 16.4. The molecule has 0 unspecified atom stereocenters. The molecule has 7 nitrogen and oxygen atoms in total. The van der Waals surface area contributed by atoms with E-state index in [1.165, 1.54) is 0 Å². The summed E-state index contributed by atoms with van der Waals surface area (Å²) in [5.41, 5.74) is 2.63. The number of fused-ring (bicyclic) bond motifs is 1. The number of carbonyl (C=O) groups excluding carboxylic acids is 1. The van der Waals surface area contributed by atoms with Gasteiger partial charge in [-0.05, 0) is 19.8 Å². The van der Waals surface area contributed by atoms with E-state index < -0.39 is 0 Å². The fourth-order valence-electron chi connectivity index (χ4n) is 2.75. The van der Waals surface area contributed by atoms with Crippen molar-refractivity contribution in [2.45, 2.75) is 39.3 Å². The van der Waals surface area contributed by atoms with Crippen molar-refractivity contribution in [1.82, 2.24) is 30.4 Å². The van der Waals surface area contributed by atoms with Crippen molar-refractivity contribution in [2.24, 2.45) is 0 Å². The minimum Gasteiger partial charge on any atom is -0.351 e. The zero-order chi connectivity index (χ0) is 15.4. The van der Waals surface area contributed by atoms with E-state index in [9.17, 15) is 4.79 Å². The van der Waals surface area contributed by atoms with Gasteiger partial charge in [-0.2, -0.15) is 5.10 Å². The molecular weight excluding hydrogens is 280 g/mol. The summed E-state index contributed by atoms with van der Waals surface area (Å²) in [6.07, 6.45) is 6.65. The lowest BCUT2D eigenvalue weighted by molar-refractivity contribution is 0.0946. The summed E-state index contributed by atoms with van der Waals surface area (Å²) >= 11 is 0. The Labute approximate surface area is 129 Å². The summed E-state index contributed by atoms with van der Waals surface area (Å²) in [6.45, 7) is 5.25. The fraction of sp³-hybridized carbons (Fsp3) is 0.533. The lowest BCUT2D eigenvalue weighted by atomic mass is 10.1. The number of hydrogen-bond acceptors (Lipinski definition) is 4. The molecule has 1 aliphatic rings. The van der Waals surface area contributed by atoms with Crippen molar-refractivity contribution >= 4 is 5.91 Å². The van der Waals surface area contributed by atoms with Crippen LogP contribution in [0, 0.1) is 6.92 Å². The smallest absolute Gasteiger partial charge is 0.272 e. The predicted molar refractivity (Wildman–Crippen MR) is 82.5 cm³/mol. The Bertz CT molecular complexity index is 644. The quantitative estimate of drug-likeness (QED) is 0.688. The molecule has 7 heteroatoms. The molecule has 3 N–H and O–H groups in total. The zero-order valence-electron chi connectivity index (χ0n) is 12.9. The van der Waals surface area contributed by atoms with E-state index in [0.717, 1.165) is 49.4 Å². The molecule has 2 aromatic heterocycles. The summed E-state index contributed by atoms with van der Waals surface area (Å²) in [5.74, 6) is 0.944. The molecule has 0 aromatic carbocycles. The van der Waals surface area contributed by atoms with Crippen LogP contribution in [-0.2, 0) is 19.5 Å². The van der Waals surface area contributed by atoms with Gasteiger partial charge in [0.25, 0.3) is 5.91 Å². The van der Waals surface area contributed by atoms with E-state index in [1.54, 1.807) is 0 Å².